The van der Waals surface area contributed by atoms with Crippen LogP contribution in [0.25, 0.3) is 10.8 Å². The van der Waals surface area contributed by atoms with E-state index in [1.165, 1.54) is 25.7 Å². The van der Waals surface area contributed by atoms with Gasteiger partial charge in [0, 0.05) is 23.1 Å². The standard InChI is InChI=1S/C22H25N3S/c1-16(2)14-25-21(26-15-22(25)11-5-6-12-22)24-20-10-9-17(13-23)18-7-3-4-8-19(18)20/h3-4,7-10,16H,5-6,11-12,14-15H2,1-2H3/b24-21+. The van der Waals surface area contributed by atoms with E-state index in [2.05, 4.69) is 30.9 Å². The fourth-order valence-corrected chi connectivity index (χ4v) is 5.74. The Morgan fingerprint density at radius 1 is 1.15 bits per heavy atom. The first kappa shape index (κ1) is 17.4. The largest absolute Gasteiger partial charge is 0.344 e. The van der Waals surface area contributed by atoms with E-state index in [0.717, 1.165) is 39.5 Å². The Bertz CT molecular complexity index is 888. The van der Waals surface area contributed by atoms with E-state index in [0.29, 0.717) is 11.5 Å². The van der Waals surface area contributed by atoms with Gasteiger partial charge in [-0.15, -0.1) is 0 Å². The van der Waals surface area contributed by atoms with Gasteiger partial charge in [-0.05, 0) is 30.9 Å². The van der Waals surface area contributed by atoms with Gasteiger partial charge in [-0.25, -0.2) is 4.99 Å². The number of benzene rings is 2. The number of nitriles is 1. The van der Waals surface area contributed by atoms with E-state index in [1.54, 1.807) is 0 Å². The van der Waals surface area contributed by atoms with Crippen LogP contribution in [-0.4, -0.2) is 27.9 Å². The third-order valence-corrected chi connectivity index (χ3v) is 6.84. The number of fused-ring (bicyclic) bond motifs is 1. The van der Waals surface area contributed by atoms with Crippen molar-refractivity contribution in [2.75, 3.05) is 12.3 Å². The molecule has 4 heteroatoms. The van der Waals surface area contributed by atoms with Crippen LogP contribution >= 0.6 is 11.8 Å². The van der Waals surface area contributed by atoms with Crippen molar-refractivity contribution in [3.63, 3.8) is 0 Å². The Kier molecular flexibility index (Phi) is 4.67. The van der Waals surface area contributed by atoms with E-state index in [4.69, 9.17) is 4.99 Å². The highest BCUT2D eigenvalue weighted by Crippen LogP contribution is 2.45. The van der Waals surface area contributed by atoms with Crippen LogP contribution < -0.4 is 0 Å². The molecule has 1 heterocycles. The number of thioether (sulfide) groups is 1. The molecule has 1 saturated heterocycles. The maximum absolute atomic E-state index is 9.39. The van der Waals surface area contributed by atoms with Crippen molar-refractivity contribution < 1.29 is 0 Å². The molecule has 134 valence electrons. The van der Waals surface area contributed by atoms with E-state index >= 15 is 0 Å². The second kappa shape index (κ2) is 6.96. The smallest absolute Gasteiger partial charge is 0.164 e. The van der Waals surface area contributed by atoms with Gasteiger partial charge in [-0.3, -0.25) is 0 Å². The second-order valence-corrected chi connectivity index (χ2v) is 8.85. The van der Waals surface area contributed by atoms with Crippen LogP contribution in [0, 0.1) is 17.2 Å². The molecular weight excluding hydrogens is 338 g/mol. The molecule has 3 nitrogen and oxygen atoms in total. The number of amidine groups is 1. The highest BCUT2D eigenvalue weighted by atomic mass is 32.2. The molecule has 4 rings (SSSR count). The van der Waals surface area contributed by atoms with Crippen LogP contribution in [-0.2, 0) is 0 Å². The van der Waals surface area contributed by atoms with Crippen molar-refractivity contribution in [3.05, 3.63) is 42.0 Å². The number of hydrogen-bond donors (Lipinski definition) is 0. The number of hydrogen-bond acceptors (Lipinski definition) is 3. The molecule has 0 unspecified atom stereocenters. The monoisotopic (exact) mass is 363 g/mol. The average molecular weight is 364 g/mol. The molecule has 0 N–H and O–H groups in total. The van der Waals surface area contributed by atoms with E-state index in [9.17, 15) is 5.26 Å². The minimum absolute atomic E-state index is 0.316. The average Bonchev–Trinajstić information content (AvgIpc) is 3.25. The topological polar surface area (TPSA) is 39.4 Å². The Hall–Kier alpha value is -1.99. The summed E-state index contributed by atoms with van der Waals surface area (Å²) in [6.07, 6.45) is 5.25. The molecule has 0 bridgehead atoms. The number of rotatable bonds is 3. The maximum Gasteiger partial charge on any atom is 0.164 e. The van der Waals surface area contributed by atoms with Crippen molar-refractivity contribution >= 4 is 33.4 Å². The molecule has 1 aliphatic carbocycles. The molecule has 2 fully saturated rings. The van der Waals surface area contributed by atoms with Gasteiger partial charge in [-0.2, -0.15) is 5.26 Å². The third kappa shape index (κ3) is 2.99. The van der Waals surface area contributed by atoms with Gasteiger partial charge < -0.3 is 4.90 Å². The number of nitrogens with zero attached hydrogens (tertiary/aromatic N) is 3. The summed E-state index contributed by atoms with van der Waals surface area (Å²) in [5.41, 5.74) is 2.01. The first-order valence-electron chi connectivity index (χ1n) is 9.54. The van der Waals surface area contributed by atoms with Gasteiger partial charge in [0.25, 0.3) is 0 Å². The highest BCUT2D eigenvalue weighted by Gasteiger charge is 2.46. The Balaban J connectivity index is 1.78. The van der Waals surface area contributed by atoms with E-state index in [1.807, 2.05) is 42.1 Å². The lowest BCUT2D eigenvalue weighted by molar-refractivity contribution is 0.198. The molecule has 2 aromatic rings. The summed E-state index contributed by atoms with van der Waals surface area (Å²) in [6.45, 7) is 5.65. The van der Waals surface area contributed by atoms with Crippen LogP contribution in [0.3, 0.4) is 0 Å². The van der Waals surface area contributed by atoms with Crippen LogP contribution in [0.1, 0.15) is 45.1 Å². The van der Waals surface area contributed by atoms with Crippen LogP contribution in [0.15, 0.2) is 41.4 Å². The van der Waals surface area contributed by atoms with Crippen LogP contribution in [0.2, 0.25) is 0 Å². The predicted molar refractivity (Wildman–Crippen MR) is 111 cm³/mol. The second-order valence-electron chi connectivity index (χ2n) is 7.91. The maximum atomic E-state index is 9.39. The highest BCUT2D eigenvalue weighted by molar-refractivity contribution is 8.14. The lowest BCUT2D eigenvalue weighted by atomic mass is 9.97. The van der Waals surface area contributed by atoms with Gasteiger partial charge in [0.1, 0.15) is 0 Å². The summed E-state index contributed by atoms with van der Waals surface area (Å²) in [4.78, 5) is 7.71. The Morgan fingerprint density at radius 3 is 2.58 bits per heavy atom. The third-order valence-electron chi connectivity index (χ3n) is 5.59. The minimum atomic E-state index is 0.316. The molecule has 1 saturated carbocycles. The van der Waals surface area contributed by atoms with Crippen molar-refractivity contribution in [2.24, 2.45) is 10.9 Å². The Labute approximate surface area is 160 Å². The first-order valence-corrected chi connectivity index (χ1v) is 10.5. The molecule has 1 spiro atoms. The molecule has 0 aromatic heterocycles. The first-order chi connectivity index (χ1) is 12.6. The van der Waals surface area contributed by atoms with Gasteiger partial charge in [0.05, 0.1) is 22.9 Å². The Morgan fingerprint density at radius 2 is 1.88 bits per heavy atom. The van der Waals surface area contributed by atoms with E-state index in [-0.39, 0.29) is 0 Å². The van der Waals surface area contributed by atoms with E-state index < -0.39 is 0 Å². The molecule has 0 radical (unpaired) electrons. The molecule has 26 heavy (non-hydrogen) atoms. The summed E-state index contributed by atoms with van der Waals surface area (Å²) in [6, 6.07) is 14.3. The molecule has 0 atom stereocenters. The van der Waals surface area contributed by atoms with Crippen molar-refractivity contribution in [1.29, 1.82) is 5.26 Å². The summed E-state index contributed by atoms with van der Waals surface area (Å²) >= 11 is 1.91. The van der Waals surface area contributed by atoms with Crippen molar-refractivity contribution in [2.45, 2.75) is 45.1 Å². The zero-order chi connectivity index (χ0) is 18.1. The predicted octanol–water partition coefficient (Wildman–Crippen LogP) is 5.72. The molecule has 2 aromatic carbocycles. The SMILES string of the molecule is CC(C)CN1/C(=N\c2ccc(C#N)c3ccccc23)SCC12CCCC2. The number of aliphatic imine (C=N–C) groups is 1. The lowest BCUT2D eigenvalue weighted by Crippen LogP contribution is -2.46. The van der Waals surface area contributed by atoms with Gasteiger partial charge in [-0.1, -0.05) is 62.7 Å². The van der Waals surface area contributed by atoms with Crippen molar-refractivity contribution in [3.8, 4) is 6.07 Å². The molecule has 1 aliphatic heterocycles. The minimum Gasteiger partial charge on any atom is -0.344 e. The van der Waals surface area contributed by atoms with Crippen molar-refractivity contribution in [1.82, 2.24) is 4.90 Å². The fraction of sp³-hybridized carbons (Fsp3) is 0.455. The van der Waals surface area contributed by atoms with Gasteiger partial charge >= 0.3 is 0 Å². The summed E-state index contributed by atoms with van der Waals surface area (Å²) in [5, 5.41) is 12.6. The van der Waals surface area contributed by atoms with Gasteiger partial charge in [0.2, 0.25) is 0 Å². The van der Waals surface area contributed by atoms with Crippen LogP contribution in [0.5, 0.6) is 0 Å². The zero-order valence-corrected chi connectivity index (χ0v) is 16.4. The lowest BCUT2D eigenvalue weighted by Gasteiger charge is -2.37. The fourth-order valence-electron chi connectivity index (χ4n) is 4.32. The van der Waals surface area contributed by atoms with Crippen LogP contribution in [0.4, 0.5) is 5.69 Å². The molecular formula is C22H25N3S. The summed E-state index contributed by atoms with van der Waals surface area (Å²) < 4.78 is 0. The molecule has 0 amide bonds. The summed E-state index contributed by atoms with van der Waals surface area (Å²) in [5.74, 6) is 1.78. The summed E-state index contributed by atoms with van der Waals surface area (Å²) in [7, 11) is 0. The quantitative estimate of drug-likeness (QED) is 0.700. The molecule has 2 aliphatic rings. The normalized spacial score (nSPS) is 20.5. The zero-order valence-electron chi connectivity index (χ0n) is 15.5. The van der Waals surface area contributed by atoms with Gasteiger partial charge in [0.15, 0.2) is 5.17 Å².